The second kappa shape index (κ2) is 8.62. The fraction of sp³-hybridized carbons (Fsp3) is 0.333. The molecule has 0 heterocycles. The number of hydrogen-bond acceptors (Lipinski definition) is 2. The quantitative estimate of drug-likeness (QED) is 0.655. The van der Waals surface area contributed by atoms with Crippen LogP contribution in [0.2, 0.25) is 0 Å². The minimum Gasteiger partial charge on any atom is -0.310 e. The van der Waals surface area contributed by atoms with Gasteiger partial charge in [0.2, 0.25) is 0 Å². The Morgan fingerprint density at radius 2 is 1.81 bits per heavy atom. The summed E-state index contributed by atoms with van der Waals surface area (Å²) >= 11 is 5.33. The van der Waals surface area contributed by atoms with E-state index in [9.17, 15) is 0 Å². The molecule has 0 saturated carbocycles. The normalized spacial score (nSPS) is 12.3. The van der Waals surface area contributed by atoms with Crippen LogP contribution in [-0.2, 0) is 6.42 Å². The number of halogens is 1. The van der Waals surface area contributed by atoms with Crippen LogP contribution < -0.4 is 5.32 Å². The van der Waals surface area contributed by atoms with Crippen molar-refractivity contribution in [1.82, 2.24) is 5.32 Å². The van der Waals surface area contributed by atoms with E-state index in [1.165, 1.54) is 16.0 Å². The first kappa shape index (κ1) is 16.6. The lowest BCUT2D eigenvalue weighted by Crippen LogP contribution is -2.24. The molecule has 1 N–H and O–H groups in total. The minimum absolute atomic E-state index is 0.370. The molecule has 2 aromatic carbocycles. The van der Waals surface area contributed by atoms with Crippen molar-refractivity contribution in [2.75, 3.05) is 12.8 Å². The highest BCUT2D eigenvalue weighted by Crippen LogP contribution is 2.28. The molecule has 21 heavy (non-hydrogen) atoms. The Morgan fingerprint density at radius 3 is 2.48 bits per heavy atom. The minimum atomic E-state index is 0.370. The summed E-state index contributed by atoms with van der Waals surface area (Å²) in [7, 11) is 0. The van der Waals surface area contributed by atoms with E-state index in [1.807, 2.05) is 11.8 Å². The van der Waals surface area contributed by atoms with Crippen LogP contribution in [0.5, 0.6) is 0 Å². The lowest BCUT2D eigenvalue weighted by atomic mass is 9.98. The van der Waals surface area contributed by atoms with Crippen LogP contribution in [0.1, 0.15) is 30.5 Å². The summed E-state index contributed by atoms with van der Waals surface area (Å²) in [6.07, 6.45) is 4.32. The van der Waals surface area contributed by atoms with Crippen molar-refractivity contribution >= 4 is 27.7 Å². The average Bonchev–Trinajstić information content (AvgIpc) is 2.53. The SMILES string of the molecule is CCCNC(Cc1ccc(Br)cc1)c1ccccc1SC. The number of benzene rings is 2. The second-order valence-corrected chi connectivity index (χ2v) is 6.84. The molecule has 0 aromatic heterocycles. The van der Waals surface area contributed by atoms with E-state index in [0.717, 1.165) is 23.9 Å². The Labute approximate surface area is 140 Å². The third-order valence-electron chi connectivity index (χ3n) is 3.51. The molecule has 1 unspecified atom stereocenters. The lowest BCUT2D eigenvalue weighted by molar-refractivity contribution is 0.523. The Balaban J connectivity index is 2.23. The van der Waals surface area contributed by atoms with Crippen LogP contribution in [0, 0.1) is 0 Å². The molecule has 0 aliphatic carbocycles. The van der Waals surface area contributed by atoms with Crippen LogP contribution in [0.3, 0.4) is 0 Å². The first-order chi connectivity index (χ1) is 10.2. The number of nitrogens with one attached hydrogen (secondary N) is 1. The Morgan fingerprint density at radius 1 is 1.10 bits per heavy atom. The monoisotopic (exact) mass is 363 g/mol. The summed E-state index contributed by atoms with van der Waals surface area (Å²) in [5.41, 5.74) is 2.77. The summed E-state index contributed by atoms with van der Waals surface area (Å²) in [6.45, 7) is 3.26. The summed E-state index contributed by atoms with van der Waals surface area (Å²) in [5, 5.41) is 3.70. The van der Waals surface area contributed by atoms with Gasteiger partial charge in [0.15, 0.2) is 0 Å². The number of hydrogen-bond donors (Lipinski definition) is 1. The molecule has 1 atom stereocenters. The Bertz CT molecular complexity index is 553. The zero-order chi connectivity index (χ0) is 15.1. The first-order valence-electron chi connectivity index (χ1n) is 7.35. The topological polar surface area (TPSA) is 12.0 Å². The molecule has 0 aliphatic rings. The van der Waals surface area contributed by atoms with Crippen molar-refractivity contribution < 1.29 is 0 Å². The molecular formula is C18H22BrNS. The molecule has 0 aliphatic heterocycles. The van der Waals surface area contributed by atoms with Gasteiger partial charge in [0.05, 0.1) is 0 Å². The van der Waals surface area contributed by atoms with Gasteiger partial charge in [-0.25, -0.2) is 0 Å². The third kappa shape index (κ3) is 4.87. The average molecular weight is 364 g/mol. The highest BCUT2D eigenvalue weighted by atomic mass is 79.9. The molecule has 0 bridgehead atoms. The molecule has 2 aromatic rings. The summed E-state index contributed by atoms with van der Waals surface area (Å²) in [5.74, 6) is 0. The molecule has 0 fully saturated rings. The molecule has 2 rings (SSSR count). The maximum absolute atomic E-state index is 3.70. The van der Waals surface area contributed by atoms with Gasteiger partial charge < -0.3 is 5.32 Å². The smallest absolute Gasteiger partial charge is 0.0372 e. The maximum Gasteiger partial charge on any atom is 0.0372 e. The molecule has 1 nitrogen and oxygen atoms in total. The van der Waals surface area contributed by atoms with Gasteiger partial charge in [-0.15, -0.1) is 11.8 Å². The number of rotatable bonds is 7. The Kier molecular flexibility index (Phi) is 6.81. The van der Waals surface area contributed by atoms with Gasteiger partial charge in [-0.2, -0.15) is 0 Å². The van der Waals surface area contributed by atoms with Crippen molar-refractivity contribution in [3.8, 4) is 0 Å². The molecule has 112 valence electrons. The zero-order valence-corrected chi connectivity index (χ0v) is 15.0. The van der Waals surface area contributed by atoms with Crippen LogP contribution in [0.25, 0.3) is 0 Å². The van der Waals surface area contributed by atoms with E-state index in [-0.39, 0.29) is 0 Å². The van der Waals surface area contributed by atoms with E-state index >= 15 is 0 Å². The van der Waals surface area contributed by atoms with Crippen LogP contribution in [0.4, 0.5) is 0 Å². The van der Waals surface area contributed by atoms with Crippen molar-refractivity contribution in [2.45, 2.75) is 30.7 Å². The van der Waals surface area contributed by atoms with Crippen molar-refractivity contribution in [2.24, 2.45) is 0 Å². The van der Waals surface area contributed by atoms with Crippen molar-refractivity contribution in [3.63, 3.8) is 0 Å². The van der Waals surface area contributed by atoms with E-state index in [1.54, 1.807) is 0 Å². The summed E-state index contributed by atoms with van der Waals surface area (Å²) < 4.78 is 1.13. The molecule has 0 saturated heterocycles. The van der Waals surface area contributed by atoms with Gasteiger partial charge in [0.25, 0.3) is 0 Å². The summed E-state index contributed by atoms with van der Waals surface area (Å²) in [6, 6.07) is 17.7. The fourth-order valence-electron chi connectivity index (χ4n) is 2.42. The zero-order valence-electron chi connectivity index (χ0n) is 12.6. The number of thioether (sulfide) groups is 1. The van der Waals surface area contributed by atoms with Gasteiger partial charge in [-0.05, 0) is 55.0 Å². The highest BCUT2D eigenvalue weighted by molar-refractivity contribution is 9.10. The fourth-order valence-corrected chi connectivity index (χ4v) is 3.35. The van der Waals surface area contributed by atoms with Crippen LogP contribution in [0.15, 0.2) is 57.9 Å². The Hall–Kier alpha value is -0.770. The molecule has 0 radical (unpaired) electrons. The summed E-state index contributed by atoms with van der Waals surface area (Å²) in [4.78, 5) is 1.36. The van der Waals surface area contributed by atoms with Crippen molar-refractivity contribution in [3.05, 3.63) is 64.1 Å². The van der Waals surface area contributed by atoms with Crippen LogP contribution in [-0.4, -0.2) is 12.8 Å². The predicted octanol–water partition coefficient (Wildman–Crippen LogP) is 5.45. The molecular weight excluding hydrogens is 342 g/mol. The molecule has 0 amide bonds. The van der Waals surface area contributed by atoms with E-state index in [0.29, 0.717) is 6.04 Å². The predicted molar refractivity (Wildman–Crippen MR) is 97.1 cm³/mol. The maximum atomic E-state index is 3.70. The van der Waals surface area contributed by atoms with Gasteiger partial charge in [0, 0.05) is 15.4 Å². The van der Waals surface area contributed by atoms with E-state index in [2.05, 4.69) is 83.0 Å². The van der Waals surface area contributed by atoms with E-state index in [4.69, 9.17) is 0 Å². The van der Waals surface area contributed by atoms with Gasteiger partial charge >= 0.3 is 0 Å². The van der Waals surface area contributed by atoms with Crippen molar-refractivity contribution in [1.29, 1.82) is 0 Å². The second-order valence-electron chi connectivity index (χ2n) is 5.08. The highest BCUT2D eigenvalue weighted by Gasteiger charge is 2.14. The standard InChI is InChI=1S/C18H22BrNS/c1-3-12-20-17(13-14-8-10-15(19)11-9-14)16-6-4-5-7-18(16)21-2/h4-11,17,20H,3,12-13H2,1-2H3. The van der Waals surface area contributed by atoms with Crippen LogP contribution >= 0.6 is 27.7 Å². The largest absolute Gasteiger partial charge is 0.310 e. The van der Waals surface area contributed by atoms with Gasteiger partial charge in [-0.1, -0.05) is 53.2 Å². The van der Waals surface area contributed by atoms with Gasteiger partial charge in [-0.3, -0.25) is 0 Å². The lowest BCUT2D eigenvalue weighted by Gasteiger charge is -2.21. The molecule has 0 spiro atoms. The van der Waals surface area contributed by atoms with Gasteiger partial charge in [0.1, 0.15) is 0 Å². The third-order valence-corrected chi connectivity index (χ3v) is 4.85. The van der Waals surface area contributed by atoms with E-state index < -0.39 is 0 Å². The molecule has 3 heteroatoms. The first-order valence-corrected chi connectivity index (χ1v) is 9.37.